The number of unbranched alkanes of at least 4 members (excludes halogenated alkanes) is 29. The minimum atomic E-state index is -0.770. The molecule has 0 heterocycles. The van der Waals surface area contributed by atoms with Gasteiger partial charge in [0.15, 0.2) is 6.10 Å². The number of hydrogen-bond donors (Lipinski definition) is 0. The minimum Gasteiger partial charge on any atom is -0.462 e. The standard InChI is InChI=1S/C50H92O6/c1-4-7-10-13-15-17-19-21-23-24-25-27-28-30-32-34-37-40-43-49(52)55-46-47(45-54-48(51)42-39-36-12-9-6-3)56-50(53)44-41-38-35-33-31-29-26-22-20-18-16-14-11-8-5-2/h16,18,22,26,47H,4-15,17,19-21,23-25,27-46H2,1-3H3/b18-16-,26-22-. The molecule has 0 aliphatic heterocycles. The topological polar surface area (TPSA) is 78.9 Å². The molecule has 0 amide bonds. The van der Waals surface area contributed by atoms with Crippen LogP contribution in [0.3, 0.4) is 0 Å². The maximum atomic E-state index is 12.7. The molecule has 0 radical (unpaired) electrons. The molecule has 0 N–H and O–H groups in total. The largest absolute Gasteiger partial charge is 0.462 e. The second-order valence-electron chi connectivity index (χ2n) is 16.4. The summed E-state index contributed by atoms with van der Waals surface area (Å²) >= 11 is 0. The van der Waals surface area contributed by atoms with E-state index in [1.807, 2.05) is 0 Å². The molecule has 1 unspecified atom stereocenters. The monoisotopic (exact) mass is 789 g/mol. The van der Waals surface area contributed by atoms with Gasteiger partial charge in [-0.1, -0.05) is 212 Å². The van der Waals surface area contributed by atoms with E-state index in [-0.39, 0.29) is 31.1 Å². The van der Waals surface area contributed by atoms with E-state index in [9.17, 15) is 14.4 Å². The van der Waals surface area contributed by atoms with E-state index in [1.165, 1.54) is 128 Å². The van der Waals surface area contributed by atoms with E-state index in [2.05, 4.69) is 45.1 Å². The Kier molecular flexibility index (Phi) is 43.9. The van der Waals surface area contributed by atoms with Gasteiger partial charge in [-0.25, -0.2) is 0 Å². The first-order valence-electron chi connectivity index (χ1n) is 24.3. The highest BCUT2D eigenvalue weighted by Gasteiger charge is 2.19. The third kappa shape index (κ3) is 43.0. The predicted octanol–water partition coefficient (Wildman–Crippen LogP) is 15.6. The lowest BCUT2D eigenvalue weighted by Crippen LogP contribution is -2.30. The van der Waals surface area contributed by atoms with Gasteiger partial charge < -0.3 is 14.2 Å². The predicted molar refractivity (Wildman–Crippen MR) is 238 cm³/mol. The zero-order valence-corrected chi connectivity index (χ0v) is 37.4. The summed E-state index contributed by atoms with van der Waals surface area (Å²) in [6.07, 6.45) is 50.5. The number of ether oxygens (including phenoxy) is 3. The zero-order chi connectivity index (χ0) is 40.8. The average Bonchev–Trinajstić information content (AvgIpc) is 3.19. The molecule has 0 spiro atoms. The number of allylic oxidation sites excluding steroid dienone is 4. The first kappa shape index (κ1) is 53.9. The summed E-state index contributed by atoms with van der Waals surface area (Å²) in [5.41, 5.74) is 0. The molecular formula is C50H92O6. The van der Waals surface area contributed by atoms with Crippen molar-refractivity contribution in [3.05, 3.63) is 24.3 Å². The Morgan fingerprint density at radius 1 is 0.357 bits per heavy atom. The SMILES string of the molecule is CCCCC/C=C\C/C=C\CCCCCCCC(=O)OC(COC(=O)CCCCCCC)COC(=O)CCCCCCCCCCCCCCCCCCCC. The molecule has 56 heavy (non-hydrogen) atoms. The molecule has 6 heteroatoms. The van der Waals surface area contributed by atoms with Gasteiger partial charge in [0.2, 0.25) is 0 Å². The molecular weight excluding hydrogens is 697 g/mol. The van der Waals surface area contributed by atoms with Gasteiger partial charge in [0.1, 0.15) is 13.2 Å². The quantitative estimate of drug-likeness (QED) is 0.0265. The molecule has 328 valence electrons. The molecule has 0 aromatic heterocycles. The fourth-order valence-electron chi connectivity index (χ4n) is 7.00. The maximum absolute atomic E-state index is 12.7. The van der Waals surface area contributed by atoms with Crippen molar-refractivity contribution in [1.82, 2.24) is 0 Å². The van der Waals surface area contributed by atoms with Crippen LogP contribution in [0.25, 0.3) is 0 Å². The van der Waals surface area contributed by atoms with Gasteiger partial charge in [0.25, 0.3) is 0 Å². The Morgan fingerprint density at radius 3 is 1.02 bits per heavy atom. The van der Waals surface area contributed by atoms with Crippen molar-refractivity contribution in [2.24, 2.45) is 0 Å². The second-order valence-corrected chi connectivity index (χ2v) is 16.4. The van der Waals surface area contributed by atoms with Gasteiger partial charge in [0.05, 0.1) is 0 Å². The molecule has 0 aromatic carbocycles. The molecule has 0 aromatic rings. The van der Waals surface area contributed by atoms with Crippen LogP contribution >= 0.6 is 0 Å². The number of rotatable bonds is 44. The van der Waals surface area contributed by atoms with E-state index in [0.717, 1.165) is 89.9 Å². The molecule has 0 saturated carbocycles. The molecule has 1 atom stereocenters. The lowest BCUT2D eigenvalue weighted by molar-refractivity contribution is -0.167. The van der Waals surface area contributed by atoms with Crippen LogP contribution in [0.5, 0.6) is 0 Å². The van der Waals surface area contributed by atoms with E-state index in [0.29, 0.717) is 19.3 Å². The van der Waals surface area contributed by atoms with Crippen LogP contribution in [-0.4, -0.2) is 37.2 Å². The van der Waals surface area contributed by atoms with Crippen molar-refractivity contribution in [2.75, 3.05) is 13.2 Å². The van der Waals surface area contributed by atoms with Gasteiger partial charge in [-0.2, -0.15) is 0 Å². The highest BCUT2D eigenvalue weighted by molar-refractivity contribution is 5.71. The number of carbonyl (C=O) groups excluding carboxylic acids is 3. The highest BCUT2D eigenvalue weighted by atomic mass is 16.6. The summed E-state index contributed by atoms with van der Waals surface area (Å²) in [5.74, 6) is -0.893. The summed E-state index contributed by atoms with van der Waals surface area (Å²) in [4.78, 5) is 37.6. The minimum absolute atomic E-state index is 0.0738. The highest BCUT2D eigenvalue weighted by Crippen LogP contribution is 2.16. The average molecular weight is 789 g/mol. The van der Waals surface area contributed by atoms with Gasteiger partial charge >= 0.3 is 17.9 Å². The van der Waals surface area contributed by atoms with Crippen LogP contribution in [0.4, 0.5) is 0 Å². The normalized spacial score (nSPS) is 12.1. The van der Waals surface area contributed by atoms with E-state index < -0.39 is 6.10 Å². The molecule has 0 rings (SSSR count). The van der Waals surface area contributed by atoms with Crippen molar-refractivity contribution in [1.29, 1.82) is 0 Å². The second kappa shape index (κ2) is 45.6. The van der Waals surface area contributed by atoms with E-state index in [1.54, 1.807) is 0 Å². The summed E-state index contributed by atoms with van der Waals surface area (Å²) in [6.45, 7) is 6.54. The van der Waals surface area contributed by atoms with Crippen molar-refractivity contribution in [2.45, 2.75) is 264 Å². The van der Waals surface area contributed by atoms with E-state index >= 15 is 0 Å². The third-order valence-electron chi connectivity index (χ3n) is 10.7. The van der Waals surface area contributed by atoms with Crippen LogP contribution in [0.2, 0.25) is 0 Å². The van der Waals surface area contributed by atoms with Crippen LogP contribution in [0, 0.1) is 0 Å². The van der Waals surface area contributed by atoms with Crippen LogP contribution in [0.1, 0.15) is 258 Å². The molecule has 6 nitrogen and oxygen atoms in total. The molecule has 0 aliphatic rings. The summed E-state index contributed by atoms with van der Waals surface area (Å²) < 4.78 is 16.6. The summed E-state index contributed by atoms with van der Waals surface area (Å²) in [5, 5.41) is 0. The lowest BCUT2D eigenvalue weighted by Gasteiger charge is -2.18. The Balaban J connectivity index is 4.16. The fourth-order valence-corrected chi connectivity index (χ4v) is 7.00. The van der Waals surface area contributed by atoms with Crippen LogP contribution in [0.15, 0.2) is 24.3 Å². The summed E-state index contributed by atoms with van der Waals surface area (Å²) in [7, 11) is 0. The molecule has 0 aliphatic carbocycles. The first-order chi connectivity index (χ1) is 27.5. The molecule has 0 saturated heterocycles. The van der Waals surface area contributed by atoms with Gasteiger partial charge in [-0.3, -0.25) is 14.4 Å². The Labute approximate surface area is 347 Å². The van der Waals surface area contributed by atoms with Crippen molar-refractivity contribution in [3.8, 4) is 0 Å². The number of hydrogen-bond acceptors (Lipinski definition) is 6. The van der Waals surface area contributed by atoms with Gasteiger partial charge in [-0.05, 0) is 51.4 Å². The van der Waals surface area contributed by atoms with Crippen LogP contribution < -0.4 is 0 Å². The lowest BCUT2D eigenvalue weighted by atomic mass is 10.0. The van der Waals surface area contributed by atoms with Crippen molar-refractivity contribution < 1.29 is 28.6 Å². The summed E-state index contributed by atoms with van der Waals surface area (Å²) in [6, 6.07) is 0. The van der Waals surface area contributed by atoms with Crippen molar-refractivity contribution >= 4 is 17.9 Å². The zero-order valence-electron chi connectivity index (χ0n) is 37.4. The van der Waals surface area contributed by atoms with Crippen LogP contribution in [-0.2, 0) is 28.6 Å². The third-order valence-corrected chi connectivity index (χ3v) is 10.7. The maximum Gasteiger partial charge on any atom is 0.306 e. The van der Waals surface area contributed by atoms with Crippen molar-refractivity contribution in [3.63, 3.8) is 0 Å². The smallest absolute Gasteiger partial charge is 0.306 e. The van der Waals surface area contributed by atoms with E-state index in [4.69, 9.17) is 14.2 Å². The number of carbonyl (C=O) groups is 3. The molecule has 0 fully saturated rings. The van der Waals surface area contributed by atoms with Gasteiger partial charge in [0, 0.05) is 19.3 Å². The van der Waals surface area contributed by atoms with Gasteiger partial charge in [-0.15, -0.1) is 0 Å². The Bertz CT molecular complexity index is 911. The fraction of sp³-hybridized carbons (Fsp3) is 0.860. The first-order valence-corrected chi connectivity index (χ1v) is 24.3. The number of esters is 3. The Morgan fingerprint density at radius 2 is 0.643 bits per heavy atom. The Hall–Kier alpha value is -2.11. The molecule has 0 bridgehead atoms.